The third-order valence-corrected chi connectivity index (χ3v) is 4.00. The second-order valence-electron chi connectivity index (χ2n) is 4.20. The molecule has 2 heterocycles. The van der Waals surface area contributed by atoms with Gasteiger partial charge in [0.05, 0.1) is 6.54 Å². The van der Waals surface area contributed by atoms with Crippen LogP contribution in [0.4, 0.5) is 0 Å². The van der Waals surface area contributed by atoms with Gasteiger partial charge in [-0.3, -0.25) is 4.99 Å². The highest BCUT2D eigenvalue weighted by Gasteiger charge is 2.16. The van der Waals surface area contributed by atoms with Crippen molar-refractivity contribution in [3.8, 4) is 0 Å². The largest absolute Gasteiger partial charge is 0.356 e. The fourth-order valence-corrected chi connectivity index (χ4v) is 3.02. The van der Waals surface area contributed by atoms with Gasteiger partial charge in [-0.25, -0.2) is 0 Å². The first-order chi connectivity index (χ1) is 6.84. The van der Waals surface area contributed by atoms with Crippen LogP contribution in [0.25, 0.3) is 0 Å². The first-order valence-corrected chi connectivity index (χ1v) is 6.62. The quantitative estimate of drug-likeness (QED) is 0.720. The van der Waals surface area contributed by atoms with Crippen LogP contribution in [0.3, 0.4) is 0 Å². The number of guanidine groups is 1. The van der Waals surface area contributed by atoms with E-state index in [1.807, 2.05) is 0 Å². The Morgan fingerprint density at radius 1 is 1.64 bits per heavy atom. The van der Waals surface area contributed by atoms with E-state index in [2.05, 4.69) is 34.3 Å². The Bertz CT molecular complexity index is 211. The summed E-state index contributed by atoms with van der Waals surface area (Å²) in [5, 5.41) is 6.73. The maximum Gasteiger partial charge on any atom is 0.191 e. The van der Waals surface area contributed by atoms with E-state index >= 15 is 0 Å². The lowest BCUT2D eigenvalue weighted by atomic mass is 10.1. The van der Waals surface area contributed by atoms with Crippen LogP contribution in [-0.4, -0.2) is 36.6 Å². The number of rotatable bonds is 2. The maximum absolute atomic E-state index is 4.39. The van der Waals surface area contributed by atoms with E-state index < -0.39 is 0 Å². The smallest absolute Gasteiger partial charge is 0.191 e. The van der Waals surface area contributed by atoms with Gasteiger partial charge in [0.1, 0.15) is 0 Å². The highest BCUT2D eigenvalue weighted by Crippen LogP contribution is 2.21. The van der Waals surface area contributed by atoms with Crippen LogP contribution in [0.1, 0.15) is 19.8 Å². The molecule has 2 rings (SSSR count). The molecule has 1 saturated heterocycles. The van der Waals surface area contributed by atoms with Crippen LogP contribution in [0.2, 0.25) is 0 Å². The molecule has 2 atom stereocenters. The molecule has 2 unspecified atom stereocenters. The van der Waals surface area contributed by atoms with Crippen molar-refractivity contribution in [3.63, 3.8) is 0 Å². The average Bonchev–Trinajstić information content (AvgIpc) is 2.63. The summed E-state index contributed by atoms with van der Waals surface area (Å²) in [6.07, 6.45) is 2.76. The third kappa shape index (κ3) is 2.80. The summed E-state index contributed by atoms with van der Waals surface area (Å²) in [5.74, 6) is 4.52. The number of hydrogen-bond acceptors (Lipinski definition) is 4. The fourth-order valence-electron chi connectivity index (χ4n) is 1.87. The minimum atomic E-state index is 0.512. The Balaban J connectivity index is 1.66. The lowest BCUT2D eigenvalue weighted by molar-refractivity contribution is 0.510. The lowest BCUT2D eigenvalue weighted by Gasteiger charge is -2.22. The van der Waals surface area contributed by atoms with Crippen molar-refractivity contribution in [1.82, 2.24) is 10.6 Å². The Morgan fingerprint density at radius 3 is 3.21 bits per heavy atom. The molecule has 3 nitrogen and oxygen atoms in total. The maximum atomic E-state index is 4.39. The molecule has 14 heavy (non-hydrogen) atoms. The third-order valence-electron chi connectivity index (χ3n) is 2.72. The molecule has 0 aliphatic carbocycles. The minimum Gasteiger partial charge on any atom is -0.356 e. The van der Waals surface area contributed by atoms with E-state index in [-0.39, 0.29) is 0 Å². The fraction of sp³-hybridized carbons (Fsp3) is 0.900. The summed E-state index contributed by atoms with van der Waals surface area (Å²) in [5.41, 5.74) is 0. The molecule has 2 aliphatic heterocycles. The molecule has 0 aromatic heterocycles. The van der Waals surface area contributed by atoms with Crippen molar-refractivity contribution in [2.75, 3.05) is 24.6 Å². The van der Waals surface area contributed by atoms with Gasteiger partial charge in [0.2, 0.25) is 0 Å². The first-order valence-electron chi connectivity index (χ1n) is 5.47. The van der Waals surface area contributed by atoms with Crippen molar-refractivity contribution in [3.05, 3.63) is 0 Å². The summed E-state index contributed by atoms with van der Waals surface area (Å²) in [4.78, 5) is 4.39. The van der Waals surface area contributed by atoms with Crippen molar-refractivity contribution in [2.24, 2.45) is 10.9 Å². The molecule has 0 bridgehead atoms. The Hall–Kier alpha value is -0.380. The van der Waals surface area contributed by atoms with Gasteiger partial charge in [-0.2, -0.15) is 11.8 Å². The van der Waals surface area contributed by atoms with E-state index in [0.29, 0.717) is 6.04 Å². The molecular weight excluding hydrogens is 194 g/mol. The standard InChI is InChI=1S/C10H19N3S/c1-8-5-11-10(13-8)12-6-9-3-2-4-14-7-9/h8-9H,2-7H2,1H3,(H2,11,12,13). The molecular formula is C10H19N3S. The van der Waals surface area contributed by atoms with E-state index in [1.54, 1.807) is 0 Å². The molecule has 2 N–H and O–H groups in total. The molecule has 0 radical (unpaired) electrons. The van der Waals surface area contributed by atoms with Crippen LogP contribution >= 0.6 is 11.8 Å². The minimum absolute atomic E-state index is 0.512. The molecule has 0 spiro atoms. The normalized spacial score (nSPS) is 32.2. The molecule has 4 heteroatoms. The van der Waals surface area contributed by atoms with Gasteiger partial charge in [-0.05, 0) is 37.2 Å². The first kappa shape index (κ1) is 10.1. The van der Waals surface area contributed by atoms with Crippen LogP contribution < -0.4 is 10.6 Å². The number of thioether (sulfide) groups is 1. The summed E-state index contributed by atoms with van der Waals surface area (Å²) in [7, 11) is 0. The second kappa shape index (κ2) is 4.91. The van der Waals surface area contributed by atoms with Gasteiger partial charge in [-0.1, -0.05) is 0 Å². The molecule has 1 fully saturated rings. The van der Waals surface area contributed by atoms with Gasteiger partial charge in [0, 0.05) is 12.6 Å². The topological polar surface area (TPSA) is 36.4 Å². The molecule has 0 aromatic rings. The highest BCUT2D eigenvalue weighted by atomic mass is 32.2. The number of nitrogens with zero attached hydrogens (tertiary/aromatic N) is 1. The summed E-state index contributed by atoms with van der Waals surface area (Å²) in [6, 6.07) is 0.512. The SMILES string of the molecule is CC1CN=C(NCC2CCCSC2)N1. The summed E-state index contributed by atoms with van der Waals surface area (Å²) in [6.45, 7) is 4.17. The van der Waals surface area contributed by atoms with E-state index in [0.717, 1.165) is 25.0 Å². The van der Waals surface area contributed by atoms with Gasteiger partial charge in [0.25, 0.3) is 0 Å². The highest BCUT2D eigenvalue weighted by molar-refractivity contribution is 7.99. The van der Waals surface area contributed by atoms with Crippen LogP contribution in [0.15, 0.2) is 4.99 Å². The zero-order valence-corrected chi connectivity index (χ0v) is 9.57. The van der Waals surface area contributed by atoms with E-state index in [9.17, 15) is 0 Å². The van der Waals surface area contributed by atoms with Crippen molar-refractivity contribution in [2.45, 2.75) is 25.8 Å². The number of hydrogen-bond donors (Lipinski definition) is 2. The monoisotopic (exact) mass is 213 g/mol. The average molecular weight is 213 g/mol. The van der Waals surface area contributed by atoms with Gasteiger partial charge >= 0.3 is 0 Å². The van der Waals surface area contributed by atoms with E-state index in [1.165, 1.54) is 24.3 Å². The van der Waals surface area contributed by atoms with Crippen LogP contribution in [-0.2, 0) is 0 Å². The van der Waals surface area contributed by atoms with Crippen LogP contribution in [0.5, 0.6) is 0 Å². The lowest BCUT2D eigenvalue weighted by Crippen LogP contribution is -2.40. The van der Waals surface area contributed by atoms with Crippen molar-refractivity contribution >= 4 is 17.7 Å². The molecule has 0 saturated carbocycles. The summed E-state index contributed by atoms with van der Waals surface area (Å²) < 4.78 is 0. The summed E-state index contributed by atoms with van der Waals surface area (Å²) >= 11 is 2.09. The van der Waals surface area contributed by atoms with E-state index in [4.69, 9.17) is 0 Å². The Labute approximate surface area is 90.1 Å². The van der Waals surface area contributed by atoms with Crippen molar-refractivity contribution in [1.29, 1.82) is 0 Å². The second-order valence-corrected chi connectivity index (χ2v) is 5.35. The van der Waals surface area contributed by atoms with Gasteiger partial charge in [0.15, 0.2) is 5.96 Å². The zero-order chi connectivity index (χ0) is 9.80. The predicted octanol–water partition coefficient (Wildman–Crippen LogP) is 1.07. The number of nitrogens with one attached hydrogen (secondary N) is 2. The Morgan fingerprint density at radius 2 is 2.57 bits per heavy atom. The van der Waals surface area contributed by atoms with Gasteiger partial charge in [-0.15, -0.1) is 0 Å². The molecule has 0 amide bonds. The molecule has 0 aromatic carbocycles. The zero-order valence-electron chi connectivity index (χ0n) is 8.75. The van der Waals surface area contributed by atoms with Crippen LogP contribution in [0, 0.1) is 5.92 Å². The Kier molecular flexibility index (Phi) is 3.56. The number of aliphatic imine (C=N–C) groups is 1. The van der Waals surface area contributed by atoms with Crippen molar-refractivity contribution < 1.29 is 0 Å². The molecule has 80 valence electrons. The predicted molar refractivity (Wildman–Crippen MR) is 63.0 cm³/mol. The van der Waals surface area contributed by atoms with Gasteiger partial charge < -0.3 is 10.6 Å². The molecule has 2 aliphatic rings.